The lowest BCUT2D eigenvalue weighted by atomic mass is 9.94. The maximum absolute atomic E-state index is 13.8. The van der Waals surface area contributed by atoms with Crippen molar-refractivity contribution < 1.29 is 9.18 Å². The van der Waals surface area contributed by atoms with Crippen molar-refractivity contribution in [2.45, 2.75) is 25.8 Å². The van der Waals surface area contributed by atoms with Gasteiger partial charge in [-0.2, -0.15) is 0 Å². The van der Waals surface area contributed by atoms with Gasteiger partial charge in [-0.05, 0) is 67.4 Å². The Labute approximate surface area is 209 Å². The van der Waals surface area contributed by atoms with Crippen LogP contribution in [0.25, 0.3) is 22.2 Å². The van der Waals surface area contributed by atoms with Gasteiger partial charge in [0.25, 0.3) is 5.91 Å². The van der Waals surface area contributed by atoms with Gasteiger partial charge < -0.3 is 20.5 Å². The number of rotatable bonds is 5. The van der Waals surface area contributed by atoms with Crippen molar-refractivity contribution in [3.8, 4) is 0 Å². The number of halogens is 1. The molecule has 1 aromatic heterocycles. The first-order chi connectivity index (χ1) is 17.6. The number of anilines is 2. The first kappa shape index (κ1) is 22.5. The highest BCUT2D eigenvalue weighted by atomic mass is 19.1. The number of carbonyl (C=O) groups excluding carboxylic acids is 1. The molecule has 2 aliphatic heterocycles. The van der Waals surface area contributed by atoms with Gasteiger partial charge in [0.05, 0.1) is 16.6 Å². The predicted octanol–water partition coefficient (Wildman–Crippen LogP) is 5.51. The minimum atomic E-state index is -0.329. The number of para-hydroxylation sites is 2. The Hall–Kier alpha value is -3.97. The van der Waals surface area contributed by atoms with Gasteiger partial charge in [-0.1, -0.05) is 31.2 Å². The van der Waals surface area contributed by atoms with Crippen molar-refractivity contribution in [3.05, 3.63) is 89.5 Å². The topological polar surface area (TPSA) is 73.0 Å². The van der Waals surface area contributed by atoms with Gasteiger partial charge in [0.1, 0.15) is 11.6 Å². The zero-order valence-corrected chi connectivity index (χ0v) is 20.1. The summed E-state index contributed by atoms with van der Waals surface area (Å²) in [5.74, 6) is 0.0499. The van der Waals surface area contributed by atoms with Crippen molar-refractivity contribution in [2.24, 2.45) is 0 Å². The molecule has 0 radical (unpaired) electrons. The van der Waals surface area contributed by atoms with Crippen LogP contribution in [0, 0.1) is 5.82 Å². The van der Waals surface area contributed by atoms with Gasteiger partial charge >= 0.3 is 0 Å². The molecule has 1 fully saturated rings. The van der Waals surface area contributed by atoms with Gasteiger partial charge in [-0.3, -0.25) is 4.79 Å². The SMILES string of the molecule is CCN1CCC(Nc2ccc3c(c2)C(=C(c2ccc(F)cc2)c2nc4ccccc4[nH]2)C(=O)N3)CC1. The second-order valence-electron chi connectivity index (χ2n) is 9.43. The molecule has 7 heteroatoms. The summed E-state index contributed by atoms with van der Waals surface area (Å²) in [5, 5.41) is 6.69. The van der Waals surface area contributed by atoms with Crippen LogP contribution in [-0.2, 0) is 4.79 Å². The fourth-order valence-corrected chi connectivity index (χ4v) is 5.22. The summed E-state index contributed by atoms with van der Waals surface area (Å²) in [7, 11) is 0. The number of nitrogens with zero attached hydrogens (tertiary/aromatic N) is 2. The van der Waals surface area contributed by atoms with E-state index in [1.54, 1.807) is 12.1 Å². The zero-order chi connectivity index (χ0) is 24.6. The van der Waals surface area contributed by atoms with Gasteiger partial charge in [0.2, 0.25) is 0 Å². The second kappa shape index (κ2) is 9.24. The molecule has 182 valence electrons. The smallest absolute Gasteiger partial charge is 0.257 e. The van der Waals surface area contributed by atoms with E-state index in [1.165, 1.54) is 12.1 Å². The van der Waals surface area contributed by atoms with E-state index in [4.69, 9.17) is 4.98 Å². The Morgan fingerprint density at radius 3 is 2.61 bits per heavy atom. The Morgan fingerprint density at radius 1 is 1.08 bits per heavy atom. The maximum Gasteiger partial charge on any atom is 0.257 e. The number of piperidine rings is 1. The van der Waals surface area contributed by atoms with E-state index in [1.807, 2.05) is 42.5 Å². The second-order valence-corrected chi connectivity index (χ2v) is 9.43. The van der Waals surface area contributed by atoms with Crippen LogP contribution >= 0.6 is 0 Å². The highest BCUT2D eigenvalue weighted by Crippen LogP contribution is 2.41. The molecule has 3 heterocycles. The molecular weight excluding hydrogens is 453 g/mol. The van der Waals surface area contributed by atoms with Crippen LogP contribution in [0.1, 0.15) is 36.7 Å². The average molecular weight is 482 g/mol. The monoisotopic (exact) mass is 481 g/mol. The number of H-pyrrole nitrogens is 1. The van der Waals surface area contributed by atoms with E-state index in [2.05, 4.69) is 27.4 Å². The van der Waals surface area contributed by atoms with E-state index in [9.17, 15) is 9.18 Å². The molecular formula is C29H28FN5O. The number of likely N-dealkylation sites (tertiary alicyclic amines) is 1. The van der Waals surface area contributed by atoms with Gasteiger partial charge in [-0.15, -0.1) is 0 Å². The molecule has 0 saturated carbocycles. The van der Waals surface area contributed by atoms with Gasteiger partial charge in [0.15, 0.2) is 0 Å². The Balaban J connectivity index is 1.45. The van der Waals surface area contributed by atoms with Crippen molar-refractivity contribution in [2.75, 3.05) is 30.3 Å². The number of aromatic nitrogens is 2. The molecule has 36 heavy (non-hydrogen) atoms. The number of amides is 1. The van der Waals surface area contributed by atoms with Gasteiger partial charge in [-0.25, -0.2) is 9.37 Å². The molecule has 0 spiro atoms. The summed E-state index contributed by atoms with van der Waals surface area (Å²) in [5.41, 5.74) is 6.14. The van der Waals surface area contributed by atoms with Crippen molar-refractivity contribution in [1.82, 2.24) is 14.9 Å². The average Bonchev–Trinajstić information content (AvgIpc) is 3.46. The van der Waals surface area contributed by atoms with E-state index in [0.29, 0.717) is 23.0 Å². The number of aromatic amines is 1. The predicted molar refractivity (Wildman–Crippen MR) is 142 cm³/mol. The molecule has 3 aromatic carbocycles. The van der Waals surface area contributed by atoms with Crippen LogP contribution in [0.15, 0.2) is 66.7 Å². The van der Waals surface area contributed by atoms with Crippen molar-refractivity contribution in [3.63, 3.8) is 0 Å². The number of hydrogen-bond acceptors (Lipinski definition) is 4. The summed E-state index contributed by atoms with van der Waals surface area (Å²) in [6, 6.07) is 20.4. The van der Waals surface area contributed by atoms with E-state index >= 15 is 0 Å². The molecule has 1 amide bonds. The summed E-state index contributed by atoms with van der Waals surface area (Å²) >= 11 is 0. The fraction of sp³-hybridized carbons (Fsp3) is 0.241. The lowest BCUT2D eigenvalue weighted by molar-refractivity contribution is -0.110. The molecule has 6 nitrogen and oxygen atoms in total. The summed E-state index contributed by atoms with van der Waals surface area (Å²) < 4.78 is 13.8. The molecule has 1 saturated heterocycles. The maximum atomic E-state index is 13.8. The fourth-order valence-electron chi connectivity index (χ4n) is 5.22. The third kappa shape index (κ3) is 4.16. The summed E-state index contributed by atoms with van der Waals surface area (Å²) in [4.78, 5) is 24.0. The number of hydrogen-bond donors (Lipinski definition) is 3. The Kier molecular flexibility index (Phi) is 5.77. The quantitative estimate of drug-likeness (QED) is 0.329. The molecule has 4 aromatic rings. The molecule has 0 unspecified atom stereocenters. The van der Waals surface area contributed by atoms with Crippen LogP contribution in [-0.4, -0.2) is 46.5 Å². The first-order valence-corrected chi connectivity index (χ1v) is 12.5. The Bertz CT molecular complexity index is 1430. The van der Waals surface area contributed by atoms with Crippen LogP contribution in [0.5, 0.6) is 0 Å². The van der Waals surface area contributed by atoms with Crippen LogP contribution in [0.4, 0.5) is 15.8 Å². The zero-order valence-electron chi connectivity index (χ0n) is 20.1. The highest BCUT2D eigenvalue weighted by molar-refractivity contribution is 6.38. The molecule has 6 rings (SSSR count). The molecule has 2 aliphatic rings. The molecule has 3 N–H and O–H groups in total. The molecule has 0 aliphatic carbocycles. The van der Waals surface area contributed by atoms with Gasteiger partial charge in [0, 0.05) is 41.6 Å². The van der Waals surface area contributed by atoms with Crippen molar-refractivity contribution >= 4 is 39.5 Å². The highest BCUT2D eigenvalue weighted by Gasteiger charge is 2.31. The van der Waals surface area contributed by atoms with Crippen LogP contribution in [0.2, 0.25) is 0 Å². The van der Waals surface area contributed by atoms with Crippen molar-refractivity contribution in [1.29, 1.82) is 0 Å². The number of imidazole rings is 1. The number of fused-ring (bicyclic) bond motifs is 2. The third-order valence-electron chi connectivity index (χ3n) is 7.18. The molecule has 0 atom stereocenters. The van der Waals surface area contributed by atoms with E-state index < -0.39 is 0 Å². The summed E-state index contributed by atoms with van der Waals surface area (Å²) in [6.45, 7) is 5.46. The molecule has 0 bridgehead atoms. The lowest BCUT2D eigenvalue weighted by Gasteiger charge is -2.32. The standard InChI is InChI=1S/C29H28FN5O/c1-2-35-15-13-20(14-16-35)31-21-11-12-23-22(17-21)27(29(36)34-23)26(18-7-9-19(30)10-8-18)28-32-24-5-3-4-6-25(24)33-28/h3-12,17,20,31H,2,13-16H2,1H3,(H,32,33)(H,34,36). The van der Waals surface area contributed by atoms with Crippen LogP contribution < -0.4 is 10.6 Å². The van der Waals surface area contributed by atoms with E-state index in [-0.39, 0.29) is 11.7 Å². The van der Waals surface area contributed by atoms with E-state index in [0.717, 1.165) is 66.0 Å². The lowest BCUT2D eigenvalue weighted by Crippen LogP contribution is -2.38. The minimum absolute atomic E-state index is 0.196. The minimum Gasteiger partial charge on any atom is -0.382 e. The third-order valence-corrected chi connectivity index (χ3v) is 7.18. The summed E-state index contributed by atoms with van der Waals surface area (Å²) in [6.07, 6.45) is 2.18. The first-order valence-electron chi connectivity index (χ1n) is 12.5. The number of benzene rings is 3. The largest absolute Gasteiger partial charge is 0.382 e. The number of carbonyl (C=O) groups is 1. The van der Waals surface area contributed by atoms with Crippen LogP contribution in [0.3, 0.4) is 0 Å². The Morgan fingerprint density at radius 2 is 1.86 bits per heavy atom. The number of nitrogens with one attached hydrogen (secondary N) is 3. The normalized spacial score (nSPS) is 17.8.